The number of rotatable bonds is 3. The molecule has 1 aliphatic carbocycles. The molecule has 8 nitrogen and oxygen atoms in total. The molecular weight excluding hydrogens is 344 g/mol. The van der Waals surface area contributed by atoms with E-state index >= 15 is 0 Å². The van der Waals surface area contributed by atoms with Crippen LogP contribution in [0.5, 0.6) is 0 Å². The second-order valence-electron chi connectivity index (χ2n) is 7.31. The fourth-order valence-corrected chi connectivity index (χ4v) is 4.20. The van der Waals surface area contributed by atoms with Crippen LogP contribution in [0.2, 0.25) is 0 Å². The first-order chi connectivity index (χ1) is 13.2. The molecule has 1 unspecified atom stereocenters. The third-order valence-corrected chi connectivity index (χ3v) is 5.61. The van der Waals surface area contributed by atoms with Crippen molar-refractivity contribution in [1.29, 1.82) is 0 Å². The van der Waals surface area contributed by atoms with Gasteiger partial charge in [-0.05, 0) is 55.9 Å². The van der Waals surface area contributed by atoms with Crippen LogP contribution in [-0.4, -0.2) is 48.6 Å². The van der Waals surface area contributed by atoms with Crippen LogP contribution in [0.15, 0.2) is 29.1 Å². The number of aryl methyl sites for hydroxylation is 2. The van der Waals surface area contributed by atoms with Crippen molar-refractivity contribution in [1.82, 2.24) is 30.1 Å². The van der Waals surface area contributed by atoms with E-state index < -0.39 is 0 Å². The average molecular weight is 364 g/mol. The Balaban J connectivity index is 1.40. The fourth-order valence-electron chi connectivity index (χ4n) is 4.20. The molecule has 8 heteroatoms. The number of aromatic nitrogens is 5. The van der Waals surface area contributed by atoms with Crippen LogP contribution in [-0.2, 0) is 19.4 Å². The van der Waals surface area contributed by atoms with Crippen LogP contribution >= 0.6 is 0 Å². The lowest BCUT2D eigenvalue weighted by molar-refractivity contribution is 0.0720. The third-order valence-electron chi connectivity index (χ3n) is 5.61. The third kappa shape index (κ3) is 2.81. The molecule has 0 saturated carbocycles. The van der Waals surface area contributed by atoms with Gasteiger partial charge in [0.1, 0.15) is 11.0 Å². The Labute approximate surface area is 155 Å². The molecule has 1 fully saturated rings. The summed E-state index contributed by atoms with van der Waals surface area (Å²) in [4.78, 5) is 27.3. The van der Waals surface area contributed by atoms with Crippen molar-refractivity contribution >= 4 is 16.9 Å². The number of amides is 1. The molecule has 1 N–H and O–H groups in total. The molecule has 5 rings (SSSR count). The van der Waals surface area contributed by atoms with Gasteiger partial charge in [-0.15, -0.1) is 0 Å². The Kier molecular flexibility index (Phi) is 3.77. The summed E-state index contributed by atoms with van der Waals surface area (Å²) in [7, 11) is 0. The lowest BCUT2D eigenvalue weighted by atomic mass is 10.1. The predicted molar refractivity (Wildman–Crippen MR) is 98.5 cm³/mol. The zero-order valence-electron chi connectivity index (χ0n) is 14.9. The molecule has 0 radical (unpaired) electrons. The number of nitrogens with one attached hydrogen (secondary N) is 1. The number of hydrogen-bond acceptors (Lipinski definition) is 5. The molecule has 2 aliphatic rings. The van der Waals surface area contributed by atoms with Crippen LogP contribution in [0.1, 0.15) is 40.9 Å². The maximum atomic E-state index is 13.0. The Morgan fingerprint density at radius 2 is 2.04 bits per heavy atom. The van der Waals surface area contributed by atoms with Crippen molar-refractivity contribution in [3.05, 3.63) is 51.4 Å². The van der Waals surface area contributed by atoms with Gasteiger partial charge in [-0.25, -0.2) is 4.68 Å². The van der Waals surface area contributed by atoms with Gasteiger partial charge in [-0.3, -0.25) is 9.59 Å². The van der Waals surface area contributed by atoms with Crippen LogP contribution in [0.4, 0.5) is 0 Å². The number of nitrogens with zero attached hydrogens (tertiary/aromatic N) is 5. The van der Waals surface area contributed by atoms with E-state index in [1.807, 2.05) is 4.90 Å². The topological polar surface area (TPSA) is 96.8 Å². The Hall–Kier alpha value is -3.03. The minimum absolute atomic E-state index is 0.0184. The first-order valence-electron chi connectivity index (χ1n) is 9.40. The number of benzene rings is 1. The summed E-state index contributed by atoms with van der Waals surface area (Å²) in [6.45, 7) is 1.14. The SMILES string of the molecule is O=C(c1ccc2n[nH]nc2c1)N1CCCC1Cn1nc2c(cc1=O)CCC2. The zero-order valence-corrected chi connectivity index (χ0v) is 14.9. The quantitative estimate of drug-likeness (QED) is 0.756. The van der Waals surface area contributed by atoms with Crippen LogP contribution in [0.25, 0.3) is 11.0 Å². The lowest BCUT2D eigenvalue weighted by Gasteiger charge is -2.25. The summed E-state index contributed by atoms with van der Waals surface area (Å²) in [5.74, 6) is -0.0309. The molecule has 1 saturated heterocycles. The first-order valence-corrected chi connectivity index (χ1v) is 9.40. The minimum atomic E-state index is -0.0704. The summed E-state index contributed by atoms with van der Waals surface area (Å²) >= 11 is 0. The van der Waals surface area contributed by atoms with E-state index in [0.717, 1.165) is 48.9 Å². The highest BCUT2D eigenvalue weighted by atomic mass is 16.2. The van der Waals surface area contributed by atoms with Gasteiger partial charge in [0.05, 0.1) is 18.3 Å². The summed E-state index contributed by atoms with van der Waals surface area (Å²) in [5, 5.41) is 15.2. The van der Waals surface area contributed by atoms with E-state index in [0.29, 0.717) is 24.2 Å². The van der Waals surface area contributed by atoms with E-state index in [1.165, 1.54) is 0 Å². The van der Waals surface area contributed by atoms with Gasteiger partial charge in [0.2, 0.25) is 0 Å². The van der Waals surface area contributed by atoms with E-state index in [1.54, 1.807) is 28.9 Å². The smallest absolute Gasteiger partial charge is 0.267 e. The molecule has 1 aromatic carbocycles. The van der Waals surface area contributed by atoms with Crippen LogP contribution in [0, 0.1) is 0 Å². The van der Waals surface area contributed by atoms with Crippen LogP contribution in [0.3, 0.4) is 0 Å². The number of carbonyl (C=O) groups excluding carboxylic acids is 1. The molecule has 0 bridgehead atoms. The van der Waals surface area contributed by atoms with E-state index in [4.69, 9.17) is 0 Å². The molecule has 1 atom stereocenters. The molecule has 1 aliphatic heterocycles. The standard InChI is InChI=1S/C19H20N6O2/c26-18-10-12-3-1-5-15(12)22-25(18)11-14-4-2-8-24(14)19(27)13-6-7-16-17(9-13)21-23-20-16/h6-7,9-10,14H,1-5,8,11H2,(H,20,21,23). The van der Waals surface area contributed by atoms with Crippen molar-refractivity contribution in [3.63, 3.8) is 0 Å². The molecule has 2 aromatic heterocycles. The highest BCUT2D eigenvalue weighted by molar-refractivity contribution is 5.97. The number of H-pyrrole nitrogens is 1. The Morgan fingerprint density at radius 3 is 2.96 bits per heavy atom. The van der Waals surface area contributed by atoms with Gasteiger partial charge in [0.25, 0.3) is 11.5 Å². The number of hydrogen-bond donors (Lipinski definition) is 1. The van der Waals surface area contributed by atoms with E-state index in [9.17, 15) is 9.59 Å². The Morgan fingerprint density at radius 1 is 1.15 bits per heavy atom. The number of fused-ring (bicyclic) bond motifs is 2. The lowest BCUT2D eigenvalue weighted by Crippen LogP contribution is -2.40. The van der Waals surface area contributed by atoms with Crippen molar-refractivity contribution in [2.75, 3.05) is 6.54 Å². The van der Waals surface area contributed by atoms with Crippen molar-refractivity contribution in [2.24, 2.45) is 0 Å². The largest absolute Gasteiger partial charge is 0.334 e. The number of aromatic amines is 1. The maximum Gasteiger partial charge on any atom is 0.267 e. The van der Waals surface area contributed by atoms with Gasteiger partial charge >= 0.3 is 0 Å². The summed E-state index contributed by atoms with van der Waals surface area (Å²) < 4.78 is 1.54. The van der Waals surface area contributed by atoms with E-state index in [-0.39, 0.29) is 17.5 Å². The zero-order chi connectivity index (χ0) is 18.4. The van der Waals surface area contributed by atoms with Crippen LogP contribution < -0.4 is 5.56 Å². The predicted octanol–water partition coefficient (Wildman–Crippen LogP) is 1.31. The van der Waals surface area contributed by atoms with Crippen molar-refractivity contribution in [3.8, 4) is 0 Å². The highest BCUT2D eigenvalue weighted by Crippen LogP contribution is 2.23. The van der Waals surface area contributed by atoms with Gasteiger partial charge in [0.15, 0.2) is 0 Å². The fraction of sp³-hybridized carbons (Fsp3) is 0.421. The minimum Gasteiger partial charge on any atom is -0.334 e. The monoisotopic (exact) mass is 364 g/mol. The molecule has 0 spiro atoms. The van der Waals surface area contributed by atoms with E-state index in [2.05, 4.69) is 20.5 Å². The first kappa shape index (κ1) is 16.2. The summed E-state index contributed by atoms with van der Waals surface area (Å²) in [6, 6.07) is 7.03. The Bertz CT molecular complexity index is 1090. The second kappa shape index (κ2) is 6.29. The molecule has 3 aromatic rings. The van der Waals surface area contributed by atoms with Gasteiger partial charge in [-0.1, -0.05) is 0 Å². The normalized spacial score (nSPS) is 19.0. The summed E-state index contributed by atoms with van der Waals surface area (Å²) in [5.41, 5.74) is 4.04. The molecule has 138 valence electrons. The van der Waals surface area contributed by atoms with Gasteiger partial charge in [0, 0.05) is 18.2 Å². The molecular formula is C19H20N6O2. The van der Waals surface area contributed by atoms with Gasteiger partial charge < -0.3 is 4.90 Å². The van der Waals surface area contributed by atoms with Crippen molar-refractivity contribution in [2.45, 2.75) is 44.7 Å². The molecule has 27 heavy (non-hydrogen) atoms. The average Bonchev–Trinajstić information content (AvgIpc) is 3.41. The molecule has 3 heterocycles. The van der Waals surface area contributed by atoms with Gasteiger partial charge in [-0.2, -0.15) is 20.5 Å². The molecule has 1 amide bonds. The van der Waals surface area contributed by atoms with Crippen molar-refractivity contribution < 1.29 is 4.79 Å². The highest BCUT2D eigenvalue weighted by Gasteiger charge is 2.30. The number of likely N-dealkylation sites (tertiary alicyclic amines) is 1. The maximum absolute atomic E-state index is 13.0. The second-order valence-corrected chi connectivity index (χ2v) is 7.31. The number of carbonyl (C=O) groups is 1. The summed E-state index contributed by atoms with van der Waals surface area (Å²) in [6.07, 6.45) is 4.74.